The zero-order chi connectivity index (χ0) is 22.4. The van der Waals surface area contributed by atoms with Crippen molar-refractivity contribution >= 4 is 38.7 Å². The van der Waals surface area contributed by atoms with Crippen LogP contribution in [0.5, 0.6) is 0 Å². The zero-order valence-corrected chi connectivity index (χ0v) is 19.1. The quantitative estimate of drug-likeness (QED) is 0.368. The van der Waals surface area contributed by atoms with Crippen molar-refractivity contribution in [1.82, 2.24) is 5.32 Å². The Morgan fingerprint density at radius 3 is 2.23 bits per heavy atom. The van der Waals surface area contributed by atoms with Gasteiger partial charge in [0.2, 0.25) is 10.0 Å². The molecule has 0 heterocycles. The van der Waals surface area contributed by atoms with E-state index in [0.29, 0.717) is 35.2 Å². The van der Waals surface area contributed by atoms with Crippen molar-refractivity contribution in [2.45, 2.75) is 37.9 Å². The summed E-state index contributed by atoms with van der Waals surface area (Å²) in [7, 11) is -3.98. The third-order valence-corrected chi connectivity index (χ3v) is 5.81. The van der Waals surface area contributed by atoms with E-state index in [-0.39, 0.29) is 10.9 Å². The number of sulfonamides is 1. The van der Waals surface area contributed by atoms with Crippen molar-refractivity contribution in [2.75, 3.05) is 10.6 Å². The maximum absolute atomic E-state index is 12.5. The Bertz CT molecular complexity index is 1120. The van der Waals surface area contributed by atoms with Crippen LogP contribution in [-0.4, -0.2) is 14.5 Å². The monoisotopic (exact) mass is 458 g/mol. The van der Waals surface area contributed by atoms with Crippen LogP contribution in [-0.2, 0) is 23.1 Å². The summed E-state index contributed by atoms with van der Waals surface area (Å²) in [5, 5.41) is 16.1. The number of anilines is 3. The first-order valence-corrected chi connectivity index (χ1v) is 11.9. The smallest absolute Gasteiger partial charge is 0.240 e. The van der Waals surface area contributed by atoms with Crippen molar-refractivity contribution in [3.05, 3.63) is 82.9 Å². The number of nitrogens with two attached hydrogens (primary N) is 1. The maximum Gasteiger partial charge on any atom is 0.240 e. The van der Waals surface area contributed by atoms with E-state index in [9.17, 15) is 8.42 Å². The van der Waals surface area contributed by atoms with E-state index in [4.69, 9.17) is 16.7 Å². The molecule has 0 radical (unpaired) electrons. The molecule has 0 aromatic heterocycles. The van der Waals surface area contributed by atoms with Gasteiger partial charge >= 0.3 is 0 Å². The molecule has 0 saturated heterocycles. The molecule has 3 aromatic rings. The Labute approximate surface area is 188 Å². The van der Waals surface area contributed by atoms with Gasteiger partial charge in [-0.3, -0.25) is 0 Å². The predicted molar refractivity (Wildman–Crippen MR) is 128 cm³/mol. The number of benzene rings is 3. The third-order valence-electron chi connectivity index (χ3n) is 4.62. The number of halogens is 1. The van der Waals surface area contributed by atoms with Crippen molar-refractivity contribution in [3.63, 3.8) is 0 Å². The van der Waals surface area contributed by atoms with Gasteiger partial charge in [-0.2, -0.15) is 0 Å². The summed E-state index contributed by atoms with van der Waals surface area (Å²) in [6.07, 6.45) is 0. The van der Waals surface area contributed by atoms with E-state index >= 15 is 0 Å². The highest BCUT2D eigenvalue weighted by Crippen LogP contribution is 2.34. The van der Waals surface area contributed by atoms with Gasteiger partial charge in [-0.05, 0) is 47.5 Å². The van der Waals surface area contributed by atoms with Gasteiger partial charge in [-0.25, -0.2) is 13.6 Å². The summed E-state index contributed by atoms with van der Waals surface area (Å²) in [6.45, 7) is 5.11. The zero-order valence-electron chi connectivity index (χ0n) is 17.5. The summed E-state index contributed by atoms with van der Waals surface area (Å²) >= 11 is 5.99. The van der Waals surface area contributed by atoms with Crippen LogP contribution in [0.1, 0.15) is 25.0 Å². The standard InChI is InChI=1S/C23H27ClN4O2S/c1-16(2)26-15-18-12-21(27-14-17-6-4-3-5-7-17)23(22(13-18)31(25,29)30)28-20-10-8-19(24)9-11-20/h3-13,16,26-28H,14-15H2,1-2H3,(H2,25,29,30). The summed E-state index contributed by atoms with van der Waals surface area (Å²) in [6, 6.07) is 20.7. The molecule has 0 spiro atoms. The fourth-order valence-electron chi connectivity index (χ4n) is 3.06. The van der Waals surface area contributed by atoms with E-state index in [1.807, 2.05) is 50.2 Å². The molecule has 5 N–H and O–H groups in total. The van der Waals surface area contributed by atoms with Crippen molar-refractivity contribution in [3.8, 4) is 0 Å². The topological polar surface area (TPSA) is 96.2 Å². The van der Waals surface area contributed by atoms with Crippen LogP contribution in [0.25, 0.3) is 0 Å². The first-order valence-electron chi connectivity index (χ1n) is 9.96. The molecule has 0 fully saturated rings. The van der Waals surface area contributed by atoms with E-state index < -0.39 is 10.0 Å². The number of hydrogen-bond donors (Lipinski definition) is 4. The lowest BCUT2D eigenvalue weighted by molar-refractivity contribution is 0.587. The second-order valence-corrected chi connectivity index (χ2v) is 9.53. The second-order valence-electron chi connectivity index (χ2n) is 7.57. The lowest BCUT2D eigenvalue weighted by Crippen LogP contribution is -2.23. The molecule has 0 saturated carbocycles. The van der Waals surface area contributed by atoms with Crippen molar-refractivity contribution in [1.29, 1.82) is 0 Å². The van der Waals surface area contributed by atoms with Crippen LogP contribution in [0.15, 0.2) is 71.6 Å². The fourth-order valence-corrected chi connectivity index (χ4v) is 3.95. The molecule has 31 heavy (non-hydrogen) atoms. The van der Waals surface area contributed by atoms with E-state index in [0.717, 1.165) is 11.1 Å². The molecular weight excluding hydrogens is 432 g/mol. The van der Waals surface area contributed by atoms with Crippen LogP contribution in [0.4, 0.5) is 17.1 Å². The van der Waals surface area contributed by atoms with Crippen molar-refractivity contribution in [2.24, 2.45) is 5.14 Å². The molecule has 0 bridgehead atoms. The Morgan fingerprint density at radius 1 is 0.935 bits per heavy atom. The average molecular weight is 459 g/mol. The van der Waals surface area contributed by atoms with Crippen LogP contribution in [0.3, 0.4) is 0 Å². The Morgan fingerprint density at radius 2 is 1.61 bits per heavy atom. The predicted octanol–water partition coefficient (Wildman–Crippen LogP) is 4.84. The SMILES string of the molecule is CC(C)NCc1cc(NCc2ccccc2)c(Nc2ccc(Cl)cc2)c(S(N)(=O)=O)c1. The lowest BCUT2D eigenvalue weighted by Gasteiger charge is -2.20. The molecule has 0 aliphatic rings. The minimum atomic E-state index is -3.98. The van der Waals surface area contributed by atoms with E-state index in [1.165, 1.54) is 0 Å². The Balaban J connectivity index is 2.05. The number of primary sulfonamides is 1. The summed E-state index contributed by atoms with van der Waals surface area (Å²) < 4.78 is 25.0. The van der Waals surface area contributed by atoms with Gasteiger partial charge in [0.1, 0.15) is 4.90 Å². The van der Waals surface area contributed by atoms with Crippen LogP contribution >= 0.6 is 11.6 Å². The highest BCUT2D eigenvalue weighted by atomic mass is 35.5. The third kappa shape index (κ3) is 6.70. The second kappa shape index (κ2) is 10.2. The molecule has 8 heteroatoms. The normalized spacial score (nSPS) is 11.5. The summed E-state index contributed by atoms with van der Waals surface area (Å²) in [5.74, 6) is 0. The molecule has 0 aliphatic carbocycles. The average Bonchev–Trinajstić information content (AvgIpc) is 2.73. The van der Waals surface area contributed by atoms with Gasteiger partial charge in [0.05, 0.1) is 11.4 Å². The van der Waals surface area contributed by atoms with E-state index in [1.54, 1.807) is 30.3 Å². The molecule has 164 valence electrons. The van der Waals surface area contributed by atoms with Crippen LogP contribution < -0.4 is 21.1 Å². The van der Waals surface area contributed by atoms with E-state index in [2.05, 4.69) is 16.0 Å². The van der Waals surface area contributed by atoms with Gasteiger partial charge in [-0.1, -0.05) is 55.8 Å². The molecule has 0 atom stereocenters. The van der Waals surface area contributed by atoms with Crippen LogP contribution in [0.2, 0.25) is 5.02 Å². The largest absolute Gasteiger partial charge is 0.379 e. The maximum atomic E-state index is 12.5. The Hall–Kier alpha value is -2.58. The molecule has 0 unspecified atom stereocenters. The summed E-state index contributed by atoms with van der Waals surface area (Å²) in [4.78, 5) is 0.0288. The molecule has 3 aromatic carbocycles. The van der Waals surface area contributed by atoms with Crippen molar-refractivity contribution < 1.29 is 8.42 Å². The number of nitrogens with one attached hydrogen (secondary N) is 3. The fraction of sp³-hybridized carbons (Fsp3) is 0.217. The van der Waals surface area contributed by atoms with Gasteiger partial charge in [0.15, 0.2) is 0 Å². The molecule has 0 aliphatic heterocycles. The first kappa shape index (κ1) is 23.1. The number of hydrogen-bond acceptors (Lipinski definition) is 5. The molecule has 6 nitrogen and oxygen atoms in total. The number of rotatable bonds is 9. The van der Waals surface area contributed by atoms with Gasteiger partial charge in [0, 0.05) is 29.8 Å². The minimum absolute atomic E-state index is 0.0288. The minimum Gasteiger partial charge on any atom is -0.379 e. The van der Waals surface area contributed by atoms with Gasteiger partial charge in [-0.15, -0.1) is 0 Å². The highest BCUT2D eigenvalue weighted by Gasteiger charge is 2.20. The van der Waals surface area contributed by atoms with Gasteiger partial charge in [0.25, 0.3) is 0 Å². The molecule has 3 rings (SSSR count). The molecule has 0 amide bonds. The van der Waals surface area contributed by atoms with Gasteiger partial charge < -0.3 is 16.0 Å². The first-order chi connectivity index (χ1) is 14.7. The Kier molecular flexibility index (Phi) is 7.56. The lowest BCUT2D eigenvalue weighted by atomic mass is 10.1. The molecular formula is C23H27ClN4O2S. The highest BCUT2D eigenvalue weighted by molar-refractivity contribution is 7.89. The van der Waals surface area contributed by atoms with Crippen LogP contribution in [0, 0.1) is 0 Å². The summed E-state index contributed by atoms with van der Waals surface area (Å²) in [5.41, 5.74) is 3.63.